The molecule has 0 aliphatic heterocycles. The van der Waals surface area contributed by atoms with E-state index in [1.54, 1.807) is 0 Å². The quantitative estimate of drug-likeness (QED) is 0.867. The number of amides is 1. The standard InChI is InChI=1S/C9H8ClF3N2O/c10-5-1-2-7(15-4-8(14)16)6(3-5)9(11,12)13/h1-3,15H,4H2,(H2,14,16). The number of nitrogens with two attached hydrogens (primary N) is 1. The van der Waals surface area contributed by atoms with Gasteiger partial charge in [0.15, 0.2) is 0 Å². The lowest BCUT2D eigenvalue weighted by molar-refractivity contribution is -0.137. The fourth-order valence-corrected chi connectivity index (χ4v) is 1.26. The maximum absolute atomic E-state index is 12.5. The minimum Gasteiger partial charge on any atom is -0.376 e. The minimum absolute atomic E-state index is 0.0306. The zero-order valence-electron chi connectivity index (χ0n) is 7.94. The molecule has 3 nitrogen and oxygen atoms in total. The molecule has 1 rings (SSSR count). The van der Waals surface area contributed by atoms with E-state index in [1.165, 1.54) is 6.07 Å². The number of carbonyl (C=O) groups is 1. The number of nitrogens with one attached hydrogen (secondary N) is 1. The van der Waals surface area contributed by atoms with Crippen molar-refractivity contribution in [2.45, 2.75) is 6.18 Å². The topological polar surface area (TPSA) is 55.1 Å². The van der Waals surface area contributed by atoms with Gasteiger partial charge in [-0.05, 0) is 18.2 Å². The summed E-state index contributed by atoms with van der Waals surface area (Å²) in [6.45, 7) is -0.370. The van der Waals surface area contributed by atoms with Crippen LogP contribution in [0.5, 0.6) is 0 Å². The number of rotatable bonds is 3. The van der Waals surface area contributed by atoms with Crippen LogP contribution in [0.4, 0.5) is 18.9 Å². The fourth-order valence-electron chi connectivity index (χ4n) is 1.09. The molecule has 0 aliphatic carbocycles. The molecule has 16 heavy (non-hydrogen) atoms. The second-order valence-electron chi connectivity index (χ2n) is 3.01. The van der Waals surface area contributed by atoms with Crippen LogP contribution in [0.3, 0.4) is 0 Å². The Morgan fingerprint density at radius 3 is 2.56 bits per heavy atom. The summed E-state index contributed by atoms with van der Waals surface area (Å²) in [5, 5.41) is 2.26. The smallest absolute Gasteiger partial charge is 0.376 e. The molecule has 0 radical (unpaired) electrons. The zero-order chi connectivity index (χ0) is 12.3. The first-order valence-electron chi connectivity index (χ1n) is 4.19. The van der Waals surface area contributed by atoms with Crippen molar-refractivity contribution < 1.29 is 18.0 Å². The van der Waals surface area contributed by atoms with Gasteiger partial charge in [0.2, 0.25) is 5.91 Å². The van der Waals surface area contributed by atoms with Crippen molar-refractivity contribution in [3.8, 4) is 0 Å². The summed E-state index contributed by atoms with van der Waals surface area (Å²) >= 11 is 5.47. The van der Waals surface area contributed by atoms with Gasteiger partial charge in [-0.2, -0.15) is 13.2 Å². The van der Waals surface area contributed by atoms with E-state index in [2.05, 4.69) is 5.32 Å². The zero-order valence-corrected chi connectivity index (χ0v) is 8.69. The molecule has 0 atom stereocenters. The van der Waals surface area contributed by atoms with Crippen molar-refractivity contribution in [3.05, 3.63) is 28.8 Å². The molecule has 1 amide bonds. The first kappa shape index (κ1) is 12.6. The minimum atomic E-state index is -4.54. The monoisotopic (exact) mass is 252 g/mol. The SMILES string of the molecule is NC(=O)CNc1ccc(Cl)cc1C(F)(F)F. The molecule has 0 saturated heterocycles. The van der Waals surface area contributed by atoms with Crippen molar-refractivity contribution in [2.24, 2.45) is 5.73 Å². The Kier molecular flexibility index (Phi) is 3.64. The largest absolute Gasteiger partial charge is 0.418 e. The Balaban J connectivity index is 3.03. The summed E-state index contributed by atoms with van der Waals surface area (Å²) in [5.74, 6) is -0.747. The Labute approximate surface area is 94.4 Å². The Morgan fingerprint density at radius 1 is 1.44 bits per heavy atom. The number of carbonyl (C=O) groups excluding carboxylic acids is 1. The summed E-state index contributed by atoms with van der Waals surface area (Å²) in [4.78, 5) is 10.5. The van der Waals surface area contributed by atoms with Gasteiger partial charge in [0, 0.05) is 10.7 Å². The number of benzene rings is 1. The number of hydrogen-bond donors (Lipinski definition) is 2. The summed E-state index contributed by atoms with van der Waals surface area (Å²) in [5.41, 5.74) is 3.66. The van der Waals surface area contributed by atoms with E-state index in [0.717, 1.165) is 12.1 Å². The molecule has 0 heterocycles. The van der Waals surface area contributed by atoms with Crippen LogP contribution in [0.2, 0.25) is 5.02 Å². The van der Waals surface area contributed by atoms with Crippen molar-refractivity contribution in [3.63, 3.8) is 0 Å². The average Bonchev–Trinajstić information content (AvgIpc) is 2.14. The number of alkyl halides is 3. The molecular formula is C9H8ClF3N2O. The summed E-state index contributed by atoms with van der Waals surface area (Å²) in [6.07, 6.45) is -4.54. The van der Waals surface area contributed by atoms with Crippen molar-refractivity contribution in [2.75, 3.05) is 11.9 Å². The van der Waals surface area contributed by atoms with Crippen LogP contribution in [0.25, 0.3) is 0 Å². The molecule has 88 valence electrons. The third kappa shape index (κ3) is 3.30. The third-order valence-electron chi connectivity index (χ3n) is 1.74. The van der Waals surface area contributed by atoms with E-state index in [9.17, 15) is 18.0 Å². The predicted molar refractivity (Wildman–Crippen MR) is 54.1 cm³/mol. The van der Waals surface area contributed by atoms with E-state index in [0.29, 0.717) is 0 Å². The highest BCUT2D eigenvalue weighted by Gasteiger charge is 2.33. The van der Waals surface area contributed by atoms with Crippen LogP contribution in [0, 0.1) is 0 Å². The van der Waals surface area contributed by atoms with Gasteiger partial charge in [-0.3, -0.25) is 4.79 Å². The van der Waals surface area contributed by atoms with Gasteiger partial charge in [0.05, 0.1) is 12.1 Å². The van der Waals surface area contributed by atoms with Gasteiger partial charge in [0.25, 0.3) is 0 Å². The molecule has 0 spiro atoms. The van der Waals surface area contributed by atoms with E-state index in [-0.39, 0.29) is 17.3 Å². The first-order valence-corrected chi connectivity index (χ1v) is 4.57. The number of anilines is 1. The predicted octanol–water partition coefficient (Wildman–Crippen LogP) is 2.26. The maximum atomic E-state index is 12.5. The first-order chi connectivity index (χ1) is 7.30. The highest BCUT2D eigenvalue weighted by Crippen LogP contribution is 2.36. The van der Waals surface area contributed by atoms with Gasteiger partial charge in [0.1, 0.15) is 0 Å². The molecule has 0 bridgehead atoms. The normalized spacial score (nSPS) is 11.2. The maximum Gasteiger partial charge on any atom is 0.418 e. The van der Waals surface area contributed by atoms with E-state index in [4.69, 9.17) is 17.3 Å². The fraction of sp³-hybridized carbons (Fsp3) is 0.222. The highest BCUT2D eigenvalue weighted by molar-refractivity contribution is 6.30. The third-order valence-corrected chi connectivity index (χ3v) is 1.98. The molecule has 3 N–H and O–H groups in total. The van der Waals surface area contributed by atoms with Crippen LogP contribution in [0.15, 0.2) is 18.2 Å². The van der Waals surface area contributed by atoms with Crippen molar-refractivity contribution in [1.29, 1.82) is 0 Å². The van der Waals surface area contributed by atoms with Gasteiger partial charge < -0.3 is 11.1 Å². The molecular weight excluding hydrogens is 245 g/mol. The van der Waals surface area contributed by atoms with Gasteiger partial charge in [-0.1, -0.05) is 11.6 Å². The van der Waals surface area contributed by atoms with Gasteiger partial charge in [-0.15, -0.1) is 0 Å². The summed E-state index contributed by atoms with van der Waals surface area (Å²) in [7, 11) is 0. The summed E-state index contributed by atoms with van der Waals surface area (Å²) < 4.78 is 37.6. The lowest BCUT2D eigenvalue weighted by Gasteiger charge is -2.13. The second-order valence-corrected chi connectivity index (χ2v) is 3.44. The van der Waals surface area contributed by atoms with Crippen LogP contribution >= 0.6 is 11.6 Å². The van der Waals surface area contributed by atoms with Crippen molar-refractivity contribution >= 4 is 23.2 Å². The van der Waals surface area contributed by atoms with Crippen LogP contribution in [0.1, 0.15) is 5.56 Å². The molecule has 0 aliphatic rings. The Morgan fingerprint density at radius 2 is 2.06 bits per heavy atom. The molecule has 0 saturated carbocycles. The molecule has 0 aromatic heterocycles. The average molecular weight is 253 g/mol. The van der Waals surface area contributed by atoms with Gasteiger partial charge in [-0.25, -0.2) is 0 Å². The molecule has 0 fully saturated rings. The Bertz CT molecular complexity index is 406. The molecule has 0 unspecified atom stereocenters. The number of halogens is 4. The molecule has 7 heteroatoms. The van der Waals surface area contributed by atoms with E-state index in [1.807, 2.05) is 0 Å². The van der Waals surface area contributed by atoms with Crippen molar-refractivity contribution in [1.82, 2.24) is 0 Å². The highest BCUT2D eigenvalue weighted by atomic mass is 35.5. The second kappa shape index (κ2) is 4.61. The lowest BCUT2D eigenvalue weighted by Crippen LogP contribution is -2.23. The van der Waals surface area contributed by atoms with Gasteiger partial charge >= 0.3 is 6.18 Å². The lowest BCUT2D eigenvalue weighted by atomic mass is 10.1. The number of primary amides is 1. The molecule has 1 aromatic rings. The van der Waals surface area contributed by atoms with Crippen LogP contribution in [-0.4, -0.2) is 12.5 Å². The summed E-state index contributed by atoms with van der Waals surface area (Å²) in [6, 6.07) is 3.22. The van der Waals surface area contributed by atoms with E-state index < -0.39 is 17.6 Å². The Hall–Kier alpha value is -1.43. The molecule has 1 aromatic carbocycles. The van der Waals surface area contributed by atoms with E-state index >= 15 is 0 Å². The van der Waals surface area contributed by atoms with Crippen LogP contribution in [-0.2, 0) is 11.0 Å². The number of hydrogen-bond acceptors (Lipinski definition) is 2. The van der Waals surface area contributed by atoms with Crippen LogP contribution < -0.4 is 11.1 Å².